The molecular weight excluding hydrogens is 457 g/mol. The fraction of sp³-hybridized carbons (Fsp3) is 0.462. The predicted octanol–water partition coefficient (Wildman–Crippen LogP) is 4.66. The lowest BCUT2D eigenvalue weighted by molar-refractivity contribution is -0.179. The number of rotatable bonds is 6. The highest BCUT2D eigenvalue weighted by molar-refractivity contribution is 5.88. The zero-order valence-corrected chi connectivity index (χ0v) is 20.0. The van der Waals surface area contributed by atoms with E-state index in [-0.39, 0.29) is 25.2 Å². The lowest BCUT2D eigenvalue weighted by Crippen LogP contribution is -2.38. The Morgan fingerprint density at radius 3 is 2.29 bits per heavy atom. The van der Waals surface area contributed by atoms with Crippen molar-refractivity contribution in [1.82, 2.24) is 4.90 Å². The molecule has 0 bridgehead atoms. The molecular formula is C26H31F3N4O2. The molecule has 2 aromatic rings. The molecule has 1 unspecified atom stereocenters. The highest BCUT2D eigenvalue weighted by atomic mass is 19.4. The third kappa shape index (κ3) is 5.55. The summed E-state index contributed by atoms with van der Waals surface area (Å²) in [5.74, 6) is -2.13. The van der Waals surface area contributed by atoms with Crippen LogP contribution in [0.4, 0.5) is 30.2 Å². The van der Waals surface area contributed by atoms with E-state index in [1.807, 2.05) is 55.1 Å². The van der Waals surface area contributed by atoms with Crippen LogP contribution >= 0.6 is 0 Å². The van der Waals surface area contributed by atoms with E-state index in [9.17, 15) is 22.8 Å². The first-order chi connectivity index (χ1) is 16.5. The number of nitrogens with zero attached hydrogens (tertiary/aromatic N) is 2. The number of halogens is 3. The molecule has 188 valence electrons. The summed E-state index contributed by atoms with van der Waals surface area (Å²) in [6, 6.07) is 11.7. The van der Waals surface area contributed by atoms with Crippen molar-refractivity contribution in [1.29, 1.82) is 0 Å². The number of primary amides is 1. The fourth-order valence-corrected chi connectivity index (χ4v) is 4.88. The number of hydrogen-bond acceptors (Lipinski definition) is 4. The molecule has 0 saturated carbocycles. The summed E-state index contributed by atoms with van der Waals surface area (Å²) in [4.78, 5) is 27.4. The van der Waals surface area contributed by atoms with E-state index in [1.54, 1.807) is 4.90 Å². The van der Waals surface area contributed by atoms with Gasteiger partial charge in [-0.25, -0.2) is 0 Å². The van der Waals surface area contributed by atoms with Gasteiger partial charge in [0.2, 0.25) is 11.8 Å². The van der Waals surface area contributed by atoms with Gasteiger partial charge in [0, 0.05) is 49.7 Å². The number of piperidine rings is 1. The van der Waals surface area contributed by atoms with Crippen LogP contribution in [0.5, 0.6) is 0 Å². The third-order valence-electron chi connectivity index (χ3n) is 7.35. The zero-order valence-electron chi connectivity index (χ0n) is 20.0. The normalized spacial score (nSPS) is 19.3. The van der Waals surface area contributed by atoms with Crippen LogP contribution in [0.2, 0.25) is 0 Å². The van der Waals surface area contributed by atoms with Gasteiger partial charge in [-0.1, -0.05) is 6.07 Å². The number of carbonyl (C=O) groups is 2. The van der Waals surface area contributed by atoms with Gasteiger partial charge in [-0.15, -0.1) is 0 Å². The molecule has 4 rings (SSSR count). The van der Waals surface area contributed by atoms with Gasteiger partial charge in [0.05, 0.1) is 11.8 Å². The monoisotopic (exact) mass is 488 g/mol. The Balaban J connectivity index is 1.39. The topological polar surface area (TPSA) is 78.7 Å². The van der Waals surface area contributed by atoms with E-state index < -0.39 is 23.9 Å². The van der Waals surface area contributed by atoms with Crippen LogP contribution in [-0.4, -0.2) is 42.5 Å². The number of nitrogens with two attached hydrogens (primary N) is 1. The molecule has 35 heavy (non-hydrogen) atoms. The van der Waals surface area contributed by atoms with Gasteiger partial charge in [-0.2, -0.15) is 13.2 Å². The smallest absolute Gasteiger partial charge is 0.372 e. The summed E-state index contributed by atoms with van der Waals surface area (Å²) in [7, 11) is 0. The van der Waals surface area contributed by atoms with Crippen LogP contribution in [0, 0.1) is 25.7 Å². The molecule has 0 aliphatic carbocycles. The molecule has 0 spiro atoms. The Morgan fingerprint density at radius 2 is 1.71 bits per heavy atom. The van der Waals surface area contributed by atoms with Crippen LogP contribution in [0.15, 0.2) is 36.4 Å². The average Bonchev–Trinajstić information content (AvgIpc) is 3.19. The first-order valence-corrected chi connectivity index (χ1v) is 11.9. The number of likely N-dealkylation sites (tertiary alicyclic amines) is 1. The molecule has 6 nitrogen and oxygen atoms in total. The van der Waals surface area contributed by atoms with Crippen molar-refractivity contribution in [3.8, 4) is 0 Å². The maximum atomic E-state index is 12.9. The zero-order chi connectivity index (χ0) is 25.3. The van der Waals surface area contributed by atoms with Gasteiger partial charge in [0.1, 0.15) is 0 Å². The number of benzene rings is 2. The van der Waals surface area contributed by atoms with E-state index in [0.717, 1.165) is 33.8 Å². The molecule has 2 aliphatic rings. The fourth-order valence-electron chi connectivity index (χ4n) is 4.88. The first kappa shape index (κ1) is 24.9. The van der Waals surface area contributed by atoms with Crippen molar-refractivity contribution in [2.45, 2.75) is 45.8 Å². The summed E-state index contributed by atoms with van der Waals surface area (Å²) in [5, 5.41) is 3.41. The molecule has 2 fully saturated rings. The predicted molar refractivity (Wildman–Crippen MR) is 129 cm³/mol. The number of carbonyl (C=O) groups excluding carboxylic acids is 2. The van der Waals surface area contributed by atoms with Gasteiger partial charge >= 0.3 is 6.18 Å². The quantitative estimate of drug-likeness (QED) is 0.620. The summed E-state index contributed by atoms with van der Waals surface area (Å²) in [6.07, 6.45) is -3.69. The Hall–Kier alpha value is -3.23. The molecule has 2 saturated heterocycles. The first-order valence-electron chi connectivity index (χ1n) is 11.9. The number of amides is 2. The van der Waals surface area contributed by atoms with Crippen LogP contribution in [0.3, 0.4) is 0 Å². The second-order valence-corrected chi connectivity index (χ2v) is 9.57. The largest absolute Gasteiger partial charge is 0.391 e. The van der Waals surface area contributed by atoms with Gasteiger partial charge in [0.15, 0.2) is 0 Å². The van der Waals surface area contributed by atoms with E-state index >= 15 is 0 Å². The number of nitrogens with one attached hydrogen (secondary N) is 1. The SMILES string of the molecule is Cc1c(CN2CC(C(N)=O)CC2=O)ccc(Nc2ccc(N3CCC(C(F)(F)F)CC3)cc2)c1C. The molecule has 0 radical (unpaired) electrons. The number of anilines is 3. The van der Waals surface area contributed by atoms with Crippen LogP contribution < -0.4 is 16.0 Å². The van der Waals surface area contributed by atoms with Crippen molar-refractivity contribution in [2.75, 3.05) is 29.9 Å². The van der Waals surface area contributed by atoms with Crippen molar-refractivity contribution in [3.63, 3.8) is 0 Å². The maximum absolute atomic E-state index is 12.9. The molecule has 0 aromatic heterocycles. The molecule has 3 N–H and O–H groups in total. The van der Waals surface area contributed by atoms with Gasteiger partial charge < -0.3 is 20.9 Å². The van der Waals surface area contributed by atoms with Crippen LogP contribution in [-0.2, 0) is 16.1 Å². The summed E-state index contributed by atoms with van der Waals surface area (Å²) in [5.41, 5.74) is 11.2. The van der Waals surface area contributed by atoms with E-state index in [1.165, 1.54) is 0 Å². The Kier molecular flexibility index (Phi) is 6.96. The van der Waals surface area contributed by atoms with E-state index in [4.69, 9.17) is 5.73 Å². The van der Waals surface area contributed by atoms with Gasteiger partial charge in [-0.3, -0.25) is 9.59 Å². The minimum Gasteiger partial charge on any atom is -0.372 e. The Morgan fingerprint density at radius 1 is 1.06 bits per heavy atom. The standard InChI is InChI=1S/C26H31F3N4O2/c1-16-17(2)23(8-3-18(16)14-33-15-19(25(30)35)13-24(33)34)31-21-4-6-22(7-5-21)32-11-9-20(10-12-32)26(27,28)29/h3-8,19-20,31H,9-15H2,1-2H3,(H2,30,35). The summed E-state index contributed by atoms with van der Waals surface area (Å²) in [6.45, 7) is 5.61. The van der Waals surface area contributed by atoms with Crippen molar-refractivity contribution >= 4 is 28.9 Å². The van der Waals surface area contributed by atoms with Crippen molar-refractivity contribution < 1.29 is 22.8 Å². The minimum absolute atomic E-state index is 0.0595. The molecule has 9 heteroatoms. The third-order valence-corrected chi connectivity index (χ3v) is 7.35. The van der Waals surface area contributed by atoms with Crippen LogP contribution in [0.25, 0.3) is 0 Å². The molecule has 2 amide bonds. The lowest BCUT2D eigenvalue weighted by atomic mass is 9.96. The second kappa shape index (κ2) is 9.79. The Labute approximate surface area is 203 Å². The van der Waals surface area contributed by atoms with Crippen molar-refractivity contribution in [2.24, 2.45) is 17.6 Å². The van der Waals surface area contributed by atoms with Crippen molar-refractivity contribution in [3.05, 3.63) is 53.1 Å². The second-order valence-electron chi connectivity index (χ2n) is 9.57. The van der Waals surface area contributed by atoms with E-state index in [2.05, 4.69) is 5.32 Å². The van der Waals surface area contributed by atoms with E-state index in [0.29, 0.717) is 26.2 Å². The van der Waals surface area contributed by atoms with Gasteiger partial charge in [0.25, 0.3) is 0 Å². The Bertz CT molecular complexity index is 1090. The lowest BCUT2D eigenvalue weighted by Gasteiger charge is -2.34. The molecule has 2 heterocycles. The summed E-state index contributed by atoms with van der Waals surface area (Å²) >= 11 is 0. The van der Waals surface area contributed by atoms with Crippen LogP contribution in [0.1, 0.15) is 36.0 Å². The highest BCUT2D eigenvalue weighted by Gasteiger charge is 2.41. The minimum atomic E-state index is -4.11. The highest BCUT2D eigenvalue weighted by Crippen LogP contribution is 2.36. The molecule has 1 atom stereocenters. The molecule has 2 aromatic carbocycles. The number of hydrogen-bond donors (Lipinski definition) is 2. The van der Waals surface area contributed by atoms with Gasteiger partial charge in [-0.05, 0) is 73.7 Å². The summed E-state index contributed by atoms with van der Waals surface area (Å²) < 4.78 is 38.8. The average molecular weight is 489 g/mol. The maximum Gasteiger partial charge on any atom is 0.391 e. The molecule has 2 aliphatic heterocycles. The number of alkyl halides is 3.